The number of nitrogens with one attached hydrogen (secondary N) is 3. The zero-order valence-electron chi connectivity index (χ0n) is 28.8. The van der Waals surface area contributed by atoms with E-state index in [1.807, 2.05) is 79.8 Å². The standard InChI is InChI=1S/C38H51N5O4S/c1-6-17-43(18-7-2)38(47)31-15-11-14-30(23-31)36(45)41-33(22-29-16-19-48-25-29)32(39)21-27(5)35(44)42-34(20-26(3)4)37(46)40-24-28-12-9-8-10-13-28/h8-16,19-20,23,25,27,32-34H,6-7,17-18,21-22,24,39H2,1-5H3,(H,40,46)(H,41,45)(H,42,44)/t27-,32+,33+,34+/m1/s1. The number of carbonyl (C=O) groups excluding carboxylic acids is 4. The average molecular weight is 674 g/mol. The van der Waals surface area contributed by atoms with E-state index in [1.165, 1.54) is 0 Å². The summed E-state index contributed by atoms with van der Waals surface area (Å²) >= 11 is 1.56. The molecule has 0 unspecified atom stereocenters. The van der Waals surface area contributed by atoms with Crippen molar-refractivity contribution >= 4 is 35.0 Å². The molecule has 9 nitrogen and oxygen atoms in total. The Bertz CT molecular complexity index is 1500. The Hall–Kier alpha value is -4.28. The summed E-state index contributed by atoms with van der Waals surface area (Å²) in [5, 5.41) is 12.9. The molecule has 0 radical (unpaired) electrons. The van der Waals surface area contributed by atoms with Crippen molar-refractivity contribution in [2.75, 3.05) is 13.1 Å². The summed E-state index contributed by atoms with van der Waals surface area (Å²) in [4.78, 5) is 55.1. The summed E-state index contributed by atoms with van der Waals surface area (Å²) in [5.74, 6) is -1.59. The molecule has 3 rings (SSSR count). The summed E-state index contributed by atoms with van der Waals surface area (Å²) < 4.78 is 0. The molecule has 0 aliphatic carbocycles. The highest BCUT2D eigenvalue weighted by atomic mass is 32.1. The van der Waals surface area contributed by atoms with Gasteiger partial charge in [0.15, 0.2) is 0 Å². The van der Waals surface area contributed by atoms with Gasteiger partial charge in [-0.3, -0.25) is 19.2 Å². The molecule has 258 valence electrons. The molecule has 0 aliphatic heterocycles. The van der Waals surface area contributed by atoms with Gasteiger partial charge in [-0.05, 0) is 85.7 Å². The second kappa shape index (κ2) is 19.5. The van der Waals surface area contributed by atoms with E-state index in [2.05, 4.69) is 16.0 Å². The second-order valence-corrected chi connectivity index (χ2v) is 13.3. The van der Waals surface area contributed by atoms with Crippen molar-refractivity contribution in [2.45, 2.75) is 85.0 Å². The van der Waals surface area contributed by atoms with Gasteiger partial charge in [-0.2, -0.15) is 11.3 Å². The van der Waals surface area contributed by atoms with Crippen molar-refractivity contribution < 1.29 is 19.2 Å². The van der Waals surface area contributed by atoms with Crippen molar-refractivity contribution in [3.63, 3.8) is 0 Å². The van der Waals surface area contributed by atoms with Crippen LogP contribution in [-0.4, -0.2) is 59.7 Å². The lowest BCUT2D eigenvalue weighted by atomic mass is 9.92. The molecule has 0 aliphatic rings. The van der Waals surface area contributed by atoms with Crippen LogP contribution in [0.4, 0.5) is 0 Å². The minimum atomic E-state index is -0.841. The highest BCUT2D eigenvalue weighted by Crippen LogP contribution is 2.17. The maximum atomic E-state index is 13.6. The molecule has 10 heteroatoms. The third-order valence-electron chi connectivity index (χ3n) is 7.98. The molecular formula is C38H51N5O4S. The zero-order valence-corrected chi connectivity index (χ0v) is 29.6. The number of benzene rings is 2. The smallest absolute Gasteiger partial charge is 0.253 e. The number of nitrogens with two attached hydrogens (primary N) is 1. The Morgan fingerprint density at radius 3 is 2.19 bits per heavy atom. The molecule has 0 saturated heterocycles. The predicted octanol–water partition coefficient (Wildman–Crippen LogP) is 5.47. The molecule has 3 aromatic rings. The Kier molecular flexibility index (Phi) is 15.5. The van der Waals surface area contributed by atoms with Gasteiger partial charge in [0.05, 0.1) is 0 Å². The van der Waals surface area contributed by atoms with E-state index in [-0.39, 0.29) is 30.0 Å². The van der Waals surface area contributed by atoms with Gasteiger partial charge in [-0.15, -0.1) is 0 Å². The summed E-state index contributed by atoms with van der Waals surface area (Å²) in [6.07, 6.45) is 4.18. The second-order valence-electron chi connectivity index (χ2n) is 12.5. The fourth-order valence-corrected chi connectivity index (χ4v) is 6.12. The molecule has 5 N–H and O–H groups in total. The Balaban J connectivity index is 1.70. The topological polar surface area (TPSA) is 134 Å². The first-order valence-corrected chi connectivity index (χ1v) is 17.7. The molecule has 0 bridgehead atoms. The van der Waals surface area contributed by atoms with Crippen molar-refractivity contribution in [3.05, 3.63) is 105 Å². The number of nitrogens with zero attached hydrogens (tertiary/aromatic N) is 1. The molecule has 4 atom stereocenters. The predicted molar refractivity (Wildman–Crippen MR) is 194 cm³/mol. The number of thiophene rings is 1. The Morgan fingerprint density at radius 2 is 1.56 bits per heavy atom. The van der Waals surface area contributed by atoms with E-state index in [1.54, 1.807) is 48.6 Å². The lowest BCUT2D eigenvalue weighted by Gasteiger charge is -2.28. The molecular weight excluding hydrogens is 623 g/mol. The fraction of sp³-hybridized carbons (Fsp3) is 0.421. The van der Waals surface area contributed by atoms with Crippen LogP contribution in [-0.2, 0) is 22.6 Å². The molecule has 2 aromatic carbocycles. The van der Waals surface area contributed by atoms with Crippen LogP contribution in [0.25, 0.3) is 0 Å². The molecule has 1 heterocycles. The van der Waals surface area contributed by atoms with Crippen molar-refractivity contribution in [2.24, 2.45) is 11.7 Å². The van der Waals surface area contributed by atoms with Gasteiger partial charge >= 0.3 is 0 Å². The fourth-order valence-electron chi connectivity index (χ4n) is 5.44. The number of hydrogen-bond acceptors (Lipinski definition) is 6. The molecule has 0 fully saturated rings. The zero-order chi connectivity index (χ0) is 35.1. The summed E-state index contributed by atoms with van der Waals surface area (Å²) in [7, 11) is 0. The van der Waals surface area contributed by atoms with Gasteiger partial charge in [-0.25, -0.2) is 0 Å². The number of allylic oxidation sites excluding steroid dienone is 1. The molecule has 1 aromatic heterocycles. The van der Waals surface area contributed by atoms with E-state index in [0.29, 0.717) is 37.2 Å². The van der Waals surface area contributed by atoms with Gasteiger partial charge in [0.25, 0.3) is 11.8 Å². The largest absolute Gasteiger partial charge is 0.350 e. The van der Waals surface area contributed by atoms with Crippen LogP contribution in [0, 0.1) is 5.92 Å². The van der Waals surface area contributed by atoms with Crippen molar-refractivity contribution in [1.29, 1.82) is 0 Å². The normalized spacial score (nSPS) is 13.4. The van der Waals surface area contributed by atoms with Gasteiger partial charge < -0.3 is 26.6 Å². The highest BCUT2D eigenvalue weighted by molar-refractivity contribution is 7.07. The number of hydrogen-bond donors (Lipinski definition) is 4. The maximum Gasteiger partial charge on any atom is 0.253 e. The van der Waals surface area contributed by atoms with Crippen molar-refractivity contribution in [3.8, 4) is 0 Å². The maximum absolute atomic E-state index is 13.6. The molecule has 48 heavy (non-hydrogen) atoms. The lowest BCUT2D eigenvalue weighted by Crippen LogP contribution is -2.51. The summed E-state index contributed by atoms with van der Waals surface area (Å²) in [6, 6.07) is 16.4. The molecule has 0 saturated carbocycles. The van der Waals surface area contributed by atoms with E-state index in [4.69, 9.17) is 5.73 Å². The third kappa shape index (κ3) is 12.1. The van der Waals surface area contributed by atoms with Gasteiger partial charge in [0.2, 0.25) is 11.8 Å². The van der Waals surface area contributed by atoms with Crippen LogP contribution in [0.15, 0.2) is 83.1 Å². The summed E-state index contributed by atoms with van der Waals surface area (Å²) in [5.41, 5.74) is 10.4. The first-order chi connectivity index (χ1) is 23.0. The third-order valence-corrected chi connectivity index (χ3v) is 8.71. The number of amides is 4. The number of carbonyl (C=O) groups is 4. The van der Waals surface area contributed by atoms with Crippen molar-refractivity contribution in [1.82, 2.24) is 20.9 Å². The quantitative estimate of drug-likeness (QED) is 0.133. The van der Waals surface area contributed by atoms with Crippen LogP contribution in [0.5, 0.6) is 0 Å². The van der Waals surface area contributed by atoms with Crippen LogP contribution >= 0.6 is 11.3 Å². The van der Waals surface area contributed by atoms with Gasteiger partial charge in [0, 0.05) is 48.8 Å². The van der Waals surface area contributed by atoms with Gasteiger partial charge in [0.1, 0.15) is 6.04 Å². The first-order valence-electron chi connectivity index (χ1n) is 16.8. The average Bonchev–Trinajstić information content (AvgIpc) is 3.59. The Labute approximate surface area is 289 Å². The van der Waals surface area contributed by atoms with Crippen LogP contribution in [0.1, 0.15) is 85.7 Å². The lowest BCUT2D eigenvalue weighted by molar-refractivity contribution is -0.130. The first kappa shape index (κ1) is 38.2. The minimum Gasteiger partial charge on any atom is -0.350 e. The van der Waals surface area contributed by atoms with E-state index >= 15 is 0 Å². The van der Waals surface area contributed by atoms with E-state index in [9.17, 15) is 19.2 Å². The SMILES string of the molecule is CCCN(CCC)C(=O)c1cccc(C(=O)N[C@@H](Cc2ccsc2)[C@@H](N)C[C@@H](C)C(=O)N[C@@H](C=C(C)C)C(=O)NCc2ccccc2)c1. The van der Waals surface area contributed by atoms with Crippen LogP contribution in [0.2, 0.25) is 0 Å². The summed E-state index contributed by atoms with van der Waals surface area (Å²) in [6.45, 7) is 11.2. The Morgan fingerprint density at radius 1 is 0.875 bits per heavy atom. The number of rotatable bonds is 18. The molecule has 0 spiro atoms. The van der Waals surface area contributed by atoms with Crippen LogP contribution < -0.4 is 21.7 Å². The minimum absolute atomic E-state index is 0.0973. The van der Waals surface area contributed by atoms with E-state index in [0.717, 1.165) is 29.5 Å². The highest BCUT2D eigenvalue weighted by Gasteiger charge is 2.28. The monoisotopic (exact) mass is 673 g/mol. The van der Waals surface area contributed by atoms with E-state index < -0.39 is 24.0 Å². The van der Waals surface area contributed by atoms with Gasteiger partial charge in [-0.1, -0.05) is 68.8 Å². The molecule has 4 amide bonds. The van der Waals surface area contributed by atoms with Crippen LogP contribution in [0.3, 0.4) is 0 Å².